The fourth-order valence-electron chi connectivity index (χ4n) is 1.56. The standard InChI is InChI=1S/C13H15ClN2O5/c1-3-8-4-7(5-10(14)15-8)12(18)16-9(13(19)20)6-11(17)21-2/h4-5,9H,3,6H2,1-2H3,(H,16,18)(H,19,20)/t9-/m0/s1. The maximum absolute atomic E-state index is 12.0. The molecule has 0 bridgehead atoms. The Hall–Kier alpha value is -2.15. The molecule has 0 saturated heterocycles. The lowest BCUT2D eigenvalue weighted by Gasteiger charge is -2.13. The van der Waals surface area contributed by atoms with Gasteiger partial charge in [0.2, 0.25) is 0 Å². The van der Waals surface area contributed by atoms with E-state index in [2.05, 4.69) is 15.0 Å². The summed E-state index contributed by atoms with van der Waals surface area (Å²) in [5.41, 5.74) is 0.787. The molecule has 1 heterocycles. The molecular weight excluding hydrogens is 300 g/mol. The molecule has 0 aliphatic heterocycles. The number of nitrogens with zero attached hydrogens (tertiary/aromatic N) is 1. The van der Waals surface area contributed by atoms with Gasteiger partial charge in [-0.2, -0.15) is 0 Å². The minimum absolute atomic E-state index is 0.138. The highest BCUT2D eigenvalue weighted by Crippen LogP contribution is 2.12. The molecule has 1 aromatic rings. The number of hydrogen-bond donors (Lipinski definition) is 2. The number of rotatable bonds is 6. The first kappa shape index (κ1) is 16.9. The van der Waals surface area contributed by atoms with Gasteiger partial charge in [0.25, 0.3) is 5.91 Å². The molecule has 1 atom stereocenters. The van der Waals surface area contributed by atoms with Crippen LogP contribution < -0.4 is 5.32 Å². The van der Waals surface area contributed by atoms with Crippen molar-refractivity contribution in [1.29, 1.82) is 0 Å². The fourth-order valence-corrected chi connectivity index (χ4v) is 1.78. The number of esters is 1. The highest BCUT2D eigenvalue weighted by Gasteiger charge is 2.24. The summed E-state index contributed by atoms with van der Waals surface area (Å²) < 4.78 is 4.39. The normalized spacial score (nSPS) is 11.6. The van der Waals surface area contributed by atoms with E-state index in [-0.39, 0.29) is 10.7 Å². The summed E-state index contributed by atoms with van der Waals surface area (Å²) in [6.45, 7) is 1.84. The maximum atomic E-state index is 12.0. The van der Waals surface area contributed by atoms with Crippen molar-refractivity contribution in [3.05, 3.63) is 28.5 Å². The van der Waals surface area contributed by atoms with Crippen molar-refractivity contribution in [2.45, 2.75) is 25.8 Å². The second kappa shape index (κ2) is 7.58. The van der Waals surface area contributed by atoms with Crippen LogP contribution in [0.5, 0.6) is 0 Å². The Kier molecular flexibility index (Phi) is 6.10. The topological polar surface area (TPSA) is 106 Å². The molecule has 1 amide bonds. The lowest BCUT2D eigenvalue weighted by Crippen LogP contribution is -2.42. The smallest absolute Gasteiger partial charge is 0.326 e. The van der Waals surface area contributed by atoms with Gasteiger partial charge in [-0.05, 0) is 18.6 Å². The number of hydrogen-bond acceptors (Lipinski definition) is 5. The van der Waals surface area contributed by atoms with Gasteiger partial charge in [-0.1, -0.05) is 18.5 Å². The number of amides is 1. The number of halogens is 1. The van der Waals surface area contributed by atoms with Gasteiger partial charge in [-0.3, -0.25) is 9.59 Å². The highest BCUT2D eigenvalue weighted by molar-refractivity contribution is 6.29. The summed E-state index contributed by atoms with van der Waals surface area (Å²) in [7, 11) is 1.14. The Balaban J connectivity index is 2.89. The number of carboxylic acids is 1. The number of carbonyl (C=O) groups excluding carboxylic acids is 2. The number of aromatic nitrogens is 1. The van der Waals surface area contributed by atoms with Crippen molar-refractivity contribution in [2.24, 2.45) is 0 Å². The van der Waals surface area contributed by atoms with Crippen molar-refractivity contribution in [1.82, 2.24) is 10.3 Å². The number of aryl methyl sites for hydroxylation is 1. The van der Waals surface area contributed by atoms with Crippen molar-refractivity contribution in [3.63, 3.8) is 0 Å². The SMILES string of the molecule is CCc1cc(C(=O)N[C@@H](CC(=O)OC)C(=O)O)cc(Cl)n1. The Morgan fingerprint density at radius 2 is 2.10 bits per heavy atom. The molecule has 0 saturated carbocycles. The summed E-state index contributed by atoms with van der Waals surface area (Å²) in [6.07, 6.45) is 0.113. The zero-order valence-electron chi connectivity index (χ0n) is 11.6. The number of carboxylic acid groups (broad SMARTS) is 1. The fraction of sp³-hybridized carbons (Fsp3) is 0.385. The van der Waals surface area contributed by atoms with Crippen molar-refractivity contribution in [2.75, 3.05) is 7.11 Å². The molecule has 8 heteroatoms. The maximum Gasteiger partial charge on any atom is 0.326 e. The predicted molar refractivity (Wildman–Crippen MR) is 74.1 cm³/mol. The molecule has 0 aromatic carbocycles. The molecule has 114 valence electrons. The van der Waals surface area contributed by atoms with Crippen molar-refractivity contribution < 1.29 is 24.2 Å². The average molecular weight is 315 g/mol. The Morgan fingerprint density at radius 1 is 1.43 bits per heavy atom. The molecule has 1 aromatic heterocycles. The molecular formula is C13H15ClN2O5. The van der Waals surface area contributed by atoms with Crippen LogP contribution in [0.3, 0.4) is 0 Å². The van der Waals surface area contributed by atoms with Crippen LogP contribution in [0.25, 0.3) is 0 Å². The quantitative estimate of drug-likeness (QED) is 0.600. The molecule has 0 aliphatic carbocycles. The Bertz CT molecular complexity index is 561. The summed E-state index contributed by atoms with van der Waals surface area (Å²) in [6, 6.07) is 1.47. The first-order valence-corrected chi connectivity index (χ1v) is 6.52. The molecule has 0 aliphatic rings. The van der Waals surface area contributed by atoms with E-state index < -0.39 is 30.3 Å². The third-order valence-corrected chi connectivity index (χ3v) is 2.87. The molecule has 7 nitrogen and oxygen atoms in total. The minimum atomic E-state index is -1.37. The summed E-state index contributed by atoms with van der Waals surface area (Å²) >= 11 is 5.80. The van der Waals surface area contributed by atoms with Crippen LogP contribution in [-0.2, 0) is 20.7 Å². The molecule has 21 heavy (non-hydrogen) atoms. The lowest BCUT2D eigenvalue weighted by atomic mass is 10.1. The van der Waals surface area contributed by atoms with Gasteiger partial charge in [-0.25, -0.2) is 9.78 Å². The van der Waals surface area contributed by atoms with E-state index in [4.69, 9.17) is 16.7 Å². The number of methoxy groups -OCH3 is 1. The average Bonchev–Trinajstić information content (AvgIpc) is 2.45. The van der Waals surface area contributed by atoms with Crippen LogP contribution in [0.2, 0.25) is 5.15 Å². The lowest BCUT2D eigenvalue weighted by molar-refractivity contribution is -0.147. The van der Waals surface area contributed by atoms with Gasteiger partial charge >= 0.3 is 11.9 Å². The van der Waals surface area contributed by atoms with Crippen LogP contribution in [-0.4, -0.2) is 41.1 Å². The van der Waals surface area contributed by atoms with Gasteiger partial charge in [-0.15, -0.1) is 0 Å². The first-order valence-electron chi connectivity index (χ1n) is 6.14. The number of nitrogens with one attached hydrogen (secondary N) is 1. The summed E-state index contributed by atoms with van der Waals surface area (Å²) in [5, 5.41) is 11.4. The second-order valence-corrected chi connectivity index (χ2v) is 4.56. The van der Waals surface area contributed by atoms with Crippen LogP contribution in [0, 0.1) is 0 Å². The summed E-state index contributed by atoms with van der Waals surface area (Å²) in [4.78, 5) is 38.2. The van der Waals surface area contributed by atoms with Gasteiger partial charge in [0.05, 0.1) is 13.5 Å². The number of ether oxygens (including phenoxy) is 1. The van der Waals surface area contributed by atoms with Gasteiger partial charge in [0.15, 0.2) is 0 Å². The highest BCUT2D eigenvalue weighted by atomic mass is 35.5. The molecule has 0 radical (unpaired) electrons. The Morgan fingerprint density at radius 3 is 2.62 bits per heavy atom. The van der Waals surface area contributed by atoms with Crippen LogP contribution in [0.15, 0.2) is 12.1 Å². The van der Waals surface area contributed by atoms with E-state index in [1.807, 2.05) is 6.92 Å². The van der Waals surface area contributed by atoms with Gasteiger partial charge in [0, 0.05) is 11.3 Å². The third kappa shape index (κ3) is 5.03. The number of carbonyl (C=O) groups is 3. The zero-order valence-corrected chi connectivity index (χ0v) is 12.3. The third-order valence-electron chi connectivity index (χ3n) is 2.67. The van der Waals surface area contributed by atoms with Crippen molar-refractivity contribution >= 4 is 29.4 Å². The number of aliphatic carboxylic acids is 1. The monoisotopic (exact) mass is 314 g/mol. The van der Waals surface area contributed by atoms with Crippen LogP contribution >= 0.6 is 11.6 Å². The molecule has 0 fully saturated rings. The van der Waals surface area contributed by atoms with E-state index >= 15 is 0 Å². The zero-order chi connectivity index (χ0) is 16.0. The summed E-state index contributed by atoms with van der Waals surface area (Å²) in [5.74, 6) is -2.71. The second-order valence-electron chi connectivity index (χ2n) is 4.17. The Labute approximate surface area is 126 Å². The molecule has 0 spiro atoms. The largest absolute Gasteiger partial charge is 0.480 e. The van der Waals surface area contributed by atoms with E-state index in [9.17, 15) is 14.4 Å². The van der Waals surface area contributed by atoms with E-state index in [1.165, 1.54) is 12.1 Å². The minimum Gasteiger partial charge on any atom is -0.480 e. The van der Waals surface area contributed by atoms with E-state index in [0.717, 1.165) is 7.11 Å². The predicted octanol–water partition coefficient (Wildman–Crippen LogP) is 1.04. The van der Waals surface area contributed by atoms with Crippen molar-refractivity contribution in [3.8, 4) is 0 Å². The number of pyridine rings is 1. The van der Waals surface area contributed by atoms with Crippen LogP contribution in [0.1, 0.15) is 29.4 Å². The van der Waals surface area contributed by atoms with E-state index in [1.54, 1.807) is 0 Å². The van der Waals surface area contributed by atoms with Crippen LogP contribution in [0.4, 0.5) is 0 Å². The van der Waals surface area contributed by atoms with E-state index in [0.29, 0.717) is 12.1 Å². The van der Waals surface area contributed by atoms with Gasteiger partial charge < -0.3 is 15.2 Å². The molecule has 2 N–H and O–H groups in total. The molecule has 0 unspecified atom stereocenters. The molecule has 1 rings (SSSR count). The first-order chi connectivity index (χ1) is 9.87. The van der Waals surface area contributed by atoms with Gasteiger partial charge in [0.1, 0.15) is 11.2 Å².